The van der Waals surface area contributed by atoms with Gasteiger partial charge in [-0.2, -0.15) is 0 Å². The Morgan fingerprint density at radius 2 is 1.30 bits per heavy atom. The first kappa shape index (κ1) is 12.7. The van der Waals surface area contributed by atoms with Gasteiger partial charge in [-0.25, -0.2) is 0 Å². The van der Waals surface area contributed by atoms with Gasteiger partial charge in [-0.3, -0.25) is 0 Å². The molecule has 0 bridgehead atoms. The van der Waals surface area contributed by atoms with E-state index in [1.165, 1.54) is 49.7 Å². The molecule has 0 nitrogen and oxygen atoms in total. The van der Waals surface area contributed by atoms with E-state index in [4.69, 9.17) is 0 Å². The highest BCUT2D eigenvalue weighted by Crippen LogP contribution is 2.48. The zero-order valence-electron chi connectivity index (χ0n) is 13.0. The zero-order chi connectivity index (χ0) is 15.4. The summed E-state index contributed by atoms with van der Waals surface area (Å²) in [6.45, 7) is 2.20. The minimum absolute atomic E-state index is 1.27. The molecule has 0 heterocycles. The van der Waals surface area contributed by atoms with E-state index in [0.29, 0.717) is 0 Å². The Balaban J connectivity index is 1.82. The molecule has 108 valence electrons. The van der Waals surface area contributed by atoms with Gasteiger partial charge in [-0.05, 0) is 62.7 Å². The third-order valence-corrected chi connectivity index (χ3v) is 4.97. The van der Waals surface area contributed by atoms with Crippen LogP contribution < -0.4 is 0 Å². The summed E-state index contributed by atoms with van der Waals surface area (Å²) in [5.41, 5.74) is 9.36. The van der Waals surface area contributed by atoms with E-state index >= 15 is 0 Å². The minimum Gasteiger partial charge on any atom is -0.0622 e. The Kier molecular flexibility index (Phi) is 2.51. The molecule has 1 aliphatic carbocycles. The third kappa shape index (κ3) is 1.72. The number of hydrogen-bond acceptors (Lipinski definition) is 0. The van der Waals surface area contributed by atoms with Crippen LogP contribution in [0.25, 0.3) is 44.2 Å². The van der Waals surface area contributed by atoms with Crippen LogP contribution in [0.1, 0.15) is 5.56 Å². The minimum atomic E-state index is 1.27. The van der Waals surface area contributed by atoms with Crippen LogP contribution in [0.3, 0.4) is 0 Å². The first-order chi connectivity index (χ1) is 11.3. The van der Waals surface area contributed by atoms with Crippen molar-refractivity contribution in [1.29, 1.82) is 0 Å². The van der Waals surface area contributed by atoms with Gasteiger partial charge in [0.25, 0.3) is 0 Å². The normalized spacial score (nSPS) is 11.7. The molecule has 4 aromatic rings. The molecule has 5 rings (SSSR count). The van der Waals surface area contributed by atoms with Crippen molar-refractivity contribution >= 4 is 10.8 Å². The fourth-order valence-electron chi connectivity index (χ4n) is 3.81. The lowest BCUT2D eigenvalue weighted by Crippen LogP contribution is -1.81. The van der Waals surface area contributed by atoms with Crippen molar-refractivity contribution in [3.8, 4) is 33.4 Å². The molecule has 0 fully saturated rings. The largest absolute Gasteiger partial charge is 0.0622 e. The molecule has 0 unspecified atom stereocenters. The maximum Gasteiger partial charge on any atom is -0.00237 e. The molecule has 4 aromatic carbocycles. The maximum atomic E-state index is 2.34. The molecular formula is C23H16. The van der Waals surface area contributed by atoms with Gasteiger partial charge >= 0.3 is 0 Å². The SMILES string of the molecule is Cc1ccc2c3c(cccc13)-c1cc(-c3ccccc3)ccc1-2. The molecule has 0 atom stereocenters. The molecule has 0 amide bonds. The summed E-state index contributed by atoms with van der Waals surface area (Å²) in [6.07, 6.45) is 0. The van der Waals surface area contributed by atoms with Gasteiger partial charge in [-0.15, -0.1) is 0 Å². The molecule has 0 aliphatic heterocycles. The maximum absolute atomic E-state index is 2.34. The fourth-order valence-corrected chi connectivity index (χ4v) is 3.81. The van der Waals surface area contributed by atoms with E-state index in [9.17, 15) is 0 Å². The van der Waals surface area contributed by atoms with Crippen LogP contribution in [-0.4, -0.2) is 0 Å². The molecule has 0 saturated carbocycles. The van der Waals surface area contributed by atoms with Crippen LogP contribution in [0.2, 0.25) is 0 Å². The molecule has 0 saturated heterocycles. The van der Waals surface area contributed by atoms with Crippen molar-refractivity contribution in [2.75, 3.05) is 0 Å². The van der Waals surface area contributed by atoms with Gasteiger partial charge < -0.3 is 0 Å². The van der Waals surface area contributed by atoms with Gasteiger partial charge in [0.2, 0.25) is 0 Å². The summed E-state index contributed by atoms with van der Waals surface area (Å²) < 4.78 is 0. The summed E-state index contributed by atoms with van der Waals surface area (Å²) >= 11 is 0. The molecule has 23 heavy (non-hydrogen) atoms. The Labute approximate surface area is 136 Å². The number of benzene rings is 4. The van der Waals surface area contributed by atoms with Crippen LogP contribution in [0.5, 0.6) is 0 Å². The Bertz CT molecular complexity index is 1060. The van der Waals surface area contributed by atoms with E-state index in [0.717, 1.165) is 0 Å². The molecule has 0 spiro atoms. The predicted octanol–water partition coefficient (Wildman–Crippen LogP) is 6.46. The summed E-state index contributed by atoms with van der Waals surface area (Å²) in [4.78, 5) is 0. The fraction of sp³-hybridized carbons (Fsp3) is 0.0435. The van der Waals surface area contributed by atoms with Crippen molar-refractivity contribution in [3.63, 3.8) is 0 Å². The number of fused-ring (bicyclic) bond motifs is 3. The molecule has 0 heteroatoms. The Morgan fingerprint density at radius 3 is 2.17 bits per heavy atom. The summed E-state index contributed by atoms with van der Waals surface area (Å²) in [5, 5.41) is 2.78. The summed E-state index contributed by atoms with van der Waals surface area (Å²) in [5.74, 6) is 0. The van der Waals surface area contributed by atoms with Crippen molar-refractivity contribution in [2.45, 2.75) is 6.92 Å². The quantitative estimate of drug-likeness (QED) is 0.332. The number of rotatable bonds is 1. The first-order valence-electron chi connectivity index (χ1n) is 8.05. The average Bonchev–Trinajstić information content (AvgIpc) is 2.94. The van der Waals surface area contributed by atoms with Crippen molar-refractivity contribution in [2.24, 2.45) is 0 Å². The van der Waals surface area contributed by atoms with Crippen molar-refractivity contribution in [3.05, 3.63) is 84.4 Å². The van der Waals surface area contributed by atoms with E-state index in [2.05, 4.69) is 85.8 Å². The smallest absolute Gasteiger partial charge is 0.00237 e. The van der Waals surface area contributed by atoms with E-state index in [-0.39, 0.29) is 0 Å². The van der Waals surface area contributed by atoms with Gasteiger partial charge in [0.05, 0.1) is 0 Å². The van der Waals surface area contributed by atoms with Crippen LogP contribution >= 0.6 is 0 Å². The van der Waals surface area contributed by atoms with Crippen molar-refractivity contribution in [1.82, 2.24) is 0 Å². The van der Waals surface area contributed by atoms with Crippen LogP contribution in [0.15, 0.2) is 78.9 Å². The highest BCUT2D eigenvalue weighted by atomic mass is 14.2. The average molecular weight is 292 g/mol. The predicted molar refractivity (Wildman–Crippen MR) is 98.6 cm³/mol. The summed E-state index contributed by atoms with van der Waals surface area (Å²) in [6, 6.07) is 28.7. The molecule has 1 aliphatic rings. The lowest BCUT2D eigenvalue weighted by atomic mass is 9.97. The Morgan fingerprint density at radius 1 is 0.522 bits per heavy atom. The molecule has 0 radical (unpaired) electrons. The molecule has 0 aromatic heterocycles. The molecular weight excluding hydrogens is 276 g/mol. The monoisotopic (exact) mass is 292 g/mol. The highest BCUT2D eigenvalue weighted by molar-refractivity contribution is 6.16. The lowest BCUT2D eigenvalue weighted by Gasteiger charge is -2.06. The van der Waals surface area contributed by atoms with E-state index in [1.54, 1.807) is 0 Å². The second-order valence-corrected chi connectivity index (χ2v) is 6.28. The van der Waals surface area contributed by atoms with Gasteiger partial charge in [0.1, 0.15) is 0 Å². The van der Waals surface area contributed by atoms with Gasteiger partial charge in [0, 0.05) is 0 Å². The van der Waals surface area contributed by atoms with E-state index in [1.807, 2.05) is 0 Å². The number of aryl methyl sites for hydroxylation is 1. The third-order valence-electron chi connectivity index (χ3n) is 4.97. The second-order valence-electron chi connectivity index (χ2n) is 6.28. The lowest BCUT2D eigenvalue weighted by molar-refractivity contribution is 1.54. The topological polar surface area (TPSA) is 0 Å². The first-order valence-corrected chi connectivity index (χ1v) is 8.05. The summed E-state index contributed by atoms with van der Waals surface area (Å²) in [7, 11) is 0. The van der Waals surface area contributed by atoms with Crippen molar-refractivity contribution < 1.29 is 0 Å². The van der Waals surface area contributed by atoms with Crippen LogP contribution in [0.4, 0.5) is 0 Å². The number of hydrogen-bond donors (Lipinski definition) is 0. The van der Waals surface area contributed by atoms with E-state index < -0.39 is 0 Å². The standard InChI is InChI=1S/C23H16/c1-15-10-12-21-19-13-11-17(16-6-3-2-4-7-16)14-22(19)20-9-5-8-18(15)23(20)21/h2-14H,1H3. The van der Waals surface area contributed by atoms with Crippen LogP contribution in [0, 0.1) is 6.92 Å². The van der Waals surface area contributed by atoms with Gasteiger partial charge in [0.15, 0.2) is 0 Å². The Hall–Kier alpha value is -2.86. The zero-order valence-corrected chi connectivity index (χ0v) is 13.0. The second kappa shape index (κ2) is 4.57. The van der Waals surface area contributed by atoms with Crippen LogP contribution in [-0.2, 0) is 0 Å². The highest BCUT2D eigenvalue weighted by Gasteiger charge is 2.21. The molecule has 0 N–H and O–H groups in total. The van der Waals surface area contributed by atoms with Gasteiger partial charge in [-0.1, -0.05) is 72.8 Å².